The van der Waals surface area contributed by atoms with Gasteiger partial charge in [0.15, 0.2) is 10.8 Å². The normalized spacial score (nSPS) is 18.9. The van der Waals surface area contributed by atoms with Gasteiger partial charge in [-0.15, -0.1) is 11.3 Å². The van der Waals surface area contributed by atoms with Gasteiger partial charge in [0.25, 0.3) is 5.91 Å². The minimum absolute atomic E-state index is 0.207. The average Bonchev–Trinajstić information content (AvgIpc) is 3.09. The topological polar surface area (TPSA) is 71.8 Å². The lowest BCUT2D eigenvalue weighted by molar-refractivity contribution is 0.102. The van der Waals surface area contributed by atoms with Crippen LogP contribution in [-0.2, 0) is 0 Å². The molecule has 0 spiro atoms. The zero-order valence-corrected chi connectivity index (χ0v) is 12.1. The summed E-state index contributed by atoms with van der Waals surface area (Å²) in [6.45, 7) is 3.87. The van der Waals surface area contributed by atoms with Gasteiger partial charge in [-0.2, -0.15) is 5.10 Å². The lowest BCUT2D eigenvalue weighted by atomic mass is 10.1. The van der Waals surface area contributed by atoms with Gasteiger partial charge in [-0.1, -0.05) is 0 Å². The molecule has 0 aliphatic carbocycles. The largest absolute Gasteiger partial charge is 0.315 e. The molecule has 2 aromatic rings. The Balaban J connectivity index is 1.67. The Morgan fingerprint density at radius 1 is 1.60 bits per heavy atom. The average molecular weight is 291 g/mol. The van der Waals surface area contributed by atoms with Crippen molar-refractivity contribution in [3.8, 4) is 0 Å². The van der Waals surface area contributed by atoms with Crippen LogP contribution in [0.1, 0.15) is 35.1 Å². The molecule has 1 unspecified atom stereocenters. The first-order chi connectivity index (χ1) is 9.72. The van der Waals surface area contributed by atoms with Crippen LogP contribution < -0.4 is 10.6 Å². The van der Waals surface area contributed by atoms with Crippen molar-refractivity contribution in [1.29, 1.82) is 0 Å². The molecule has 3 rings (SSSR count). The molecule has 0 aromatic carbocycles. The molecule has 20 heavy (non-hydrogen) atoms. The van der Waals surface area contributed by atoms with Gasteiger partial charge in [-0.05, 0) is 32.4 Å². The Morgan fingerprint density at radius 2 is 2.50 bits per heavy atom. The van der Waals surface area contributed by atoms with E-state index in [1.807, 2.05) is 23.2 Å². The van der Waals surface area contributed by atoms with Crippen LogP contribution in [0.15, 0.2) is 17.6 Å². The number of nitrogens with one attached hydrogen (secondary N) is 2. The molecule has 0 bridgehead atoms. The fourth-order valence-corrected chi connectivity index (χ4v) is 2.98. The SMILES string of the molecule is Cc1csc(NC(=O)c2ccn(C3CCCNC3)n2)n1. The maximum absolute atomic E-state index is 12.1. The van der Waals surface area contributed by atoms with Crippen LogP contribution in [0.25, 0.3) is 0 Å². The smallest absolute Gasteiger partial charge is 0.277 e. The molecule has 2 N–H and O–H groups in total. The van der Waals surface area contributed by atoms with E-state index in [-0.39, 0.29) is 5.91 Å². The Kier molecular flexibility index (Phi) is 3.79. The van der Waals surface area contributed by atoms with Crippen molar-refractivity contribution in [3.05, 3.63) is 29.0 Å². The van der Waals surface area contributed by atoms with Gasteiger partial charge in [-0.25, -0.2) is 4.98 Å². The zero-order valence-electron chi connectivity index (χ0n) is 11.3. The number of piperidine rings is 1. The van der Waals surface area contributed by atoms with Crippen molar-refractivity contribution < 1.29 is 4.79 Å². The number of amides is 1. The predicted molar refractivity (Wildman–Crippen MR) is 78.2 cm³/mol. The number of aryl methyl sites for hydroxylation is 1. The van der Waals surface area contributed by atoms with Crippen molar-refractivity contribution in [2.75, 3.05) is 18.4 Å². The maximum Gasteiger partial charge on any atom is 0.277 e. The first-order valence-electron chi connectivity index (χ1n) is 6.72. The number of anilines is 1. The standard InChI is InChI=1S/C13H17N5OS/c1-9-8-20-13(15-9)16-12(19)11-4-6-18(17-11)10-3-2-5-14-7-10/h4,6,8,10,14H,2-3,5,7H2,1H3,(H,15,16,19). The summed E-state index contributed by atoms with van der Waals surface area (Å²) in [5, 5.41) is 13.0. The van der Waals surface area contributed by atoms with Crippen LogP contribution in [0.2, 0.25) is 0 Å². The van der Waals surface area contributed by atoms with Gasteiger partial charge in [-0.3, -0.25) is 14.8 Å². The molecule has 7 heteroatoms. The van der Waals surface area contributed by atoms with Crippen molar-refractivity contribution in [2.24, 2.45) is 0 Å². The quantitative estimate of drug-likeness (QED) is 0.905. The number of hydrogen-bond donors (Lipinski definition) is 2. The van der Waals surface area contributed by atoms with E-state index in [1.165, 1.54) is 11.3 Å². The lowest BCUT2D eigenvalue weighted by Crippen LogP contribution is -2.32. The Morgan fingerprint density at radius 3 is 3.20 bits per heavy atom. The molecule has 0 radical (unpaired) electrons. The van der Waals surface area contributed by atoms with E-state index in [2.05, 4.69) is 20.7 Å². The zero-order chi connectivity index (χ0) is 13.9. The number of aromatic nitrogens is 3. The van der Waals surface area contributed by atoms with Gasteiger partial charge in [0.05, 0.1) is 11.7 Å². The molecular formula is C13H17N5OS. The molecular weight excluding hydrogens is 274 g/mol. The Labute approximate surface area is 121 Å². The molecule has 0 saturated carbocycles. The highest BCUT2D eigenvalue weighted by atomic mass is 32.1. The highest BCUT2D eigenvalue weighted by Gasteiger charge is 2.18. The minimum Gasteiger partial charge on any atom is -0.315 e. The fraction of sp³-hybridized carbons (Fsp3) is 0.462. The van der Waals surface area contributed by atoms with Crippen molar-refractivity contribution in [3.63, 3.8) is 0 Å². The Bertz CT molecular complexity index is 599. The van der Waals surface area contributed by atoms with E-state index in [4.69, 9.17) is 0 Å². The number of rotatable bonds is 3. The van der Waals surface area contributed by atoms with Crippen LogP contribution in [0.4, 0.5) is 5.13 Å². The minimum atomic E-state index is -0.207. The van der Waals surface area contributed by atoms with Crippen molar-refractivity contribution >= 4 is 22.4 Å². The van der Waals surface area contributed by atoms with E-state index >= 15 is 0 Å². The van der Waals surface area contributed by atoms with Gasteiger partial charge in [0.1, 0.15) is 0 Å². The molecule has 106 valence electrons. The molecule has 6 nitrogen and oxygen atoms in total. The summed E-state index contributed by atoms with van der Waals surface area (Å²) >= 11 is 1.42. The highest BCUT2D eigenvalue weighted by Crippen LogP contribution is 2.17. The van der Waals surface area contributed by atoms with Gasteiger partial charge in [0.2, 0.25) is 0 Å². The third-order valence-corrected chi connectivity index (χ3v) is 4.20. The highest BCUT2D eigenvalue weighted by molar-refractivity contribution is 7.13. The first kappa shape index (κ1) is 13.3. The van der Waals surface area contributed by atoms with Crippen molar-refractivity contribution in [1.82, 2.24) is 20.1 Å². The summed E-state index contributed by atoms with van der Waals surface area (Å²) < 4.78 is 1.88. The van der Waals surface area contributed by atoms with Crippen LogP contribution in [-0.4, -0.2) is 33.8 Å². The van der Waals surface area contributed by atoms with Crippen LogP contribution >= 0.6 is 11.3 Å². The van der Waals surface area contributed by atoms with E-state index in [9.17, 15) is 4.79 Å². The van der Waals surface area contributed by atoms with Crippen molar-refractivity contribution in [2.45, 2.75) is 25.8 Å². The maximum atomic E-state index is 12.1. The molecule has 1 saturated heterocycles. The predicted octanol–water partition coefficient (Wildman–Crippen LogP) is 1.82. The van der Waals surface area contributed by atoms with Crippen LogP contribution in [0, 0.1) is 6.92 Å². The number of thiazole rings is 1. The van der Waals surface area contributed by atoms with E-state index < -0.39 is 0 Å². The number of carbonyl (C=O) groups is 1. The summed E-state index contributed by atoms with van der Waals surface area (Å²) in [5.41, 5.74) is 1.34. The summed E-state index contributed by atoms with van der Waals surface area (Å²) in [4.78, 5) is 16.3. The second-order valence-corrected chi connectivity index (χ2v) is 5.79. The molecule has 1 amide bonds. The molecule has 2 aromatic heterocycles. The second kappa shape index (κ2) is 5.72. The monoisotopic (exact) mass is 291 g/mol. The number of carbonyl (C=O) groups excluding carboxylic acids is 1. The molecule has 1 atom stereocenters. The third kappa shape index (κ3) is 2.88. The Hall–Kier alpha value is -1.73. The molecule has 1 fully saturated rings. The molecule has 3 heterocycles. The van der Waals surface area contributed by atoms with Gasteiger partial charge >= 0.3 is 0 Å². The van der Waals surface area contributed by atoms with Gasteiger partial charge < -0.3 is 5.32 Å². The van der Waals surface area contributed by atoms with E-state index in [1.54, 1.807) is 6.07 Å². The van der Waals surface area contributed by atoms with E-state index in [0.717, 1.165) is 31.6 Å². The second-order valence-electron chi connectivity index (χ2n) is 4.93. The molecule has 1 aliphatic rings. The summed E-state index contributed by atoms with van der Waals surface area (Å²) in [5.74, 6) is -0.207. The summed E-state index contributed by atoms with van der Waals surface area (Å²) in [7, 11) is 0. The summed E-state index contributed by atoms with van der Waals surface area (Å²) in [6, 6.07) is 2.09. The lowest BCUT2D eigenvalue weighted by Gasteiger charge is -2.22. The number of nitrogens with zero attached hydrogens (tertiary/aromatic N) is 3. The van der Waals surface area contributed by atoms with Gasteiger partial charge in [0, 0.05) is 18.1 Å². The first-order valence-corrected chi connectivity index (χ1v) is 7.60. The molecule has 1 aliphatic heterocycles. The third-order valence-electron chi connectivity index (χ3n) is 3.33. The van der Waals surface area contributed by atoms with Crippen LogP contribution in [0.3, 0.4) is 0 Å². The summed E-state index contributed by atoms with van der Waals surface area (Å²) in [6.07, 6.45) is 4.12. The number of hydrogen-bond acceptors (Lipinski definition) is 5. The fourth-order valence-electron chi connectivity index (χ4n) is 2.29. The van der Waals surface area contributed by atoms with E-state index in [0.29, 0.717) is 16.9 Å². The van der Waals surface area contributed by atoms with Crippen LogP contribution in [0.5, 0.6) is 0 Å².